The number of ether oxygens (including phenoxy) is 1. The van der Waals surface area contributed by atoms with Gasteiger partial charge in [0.05, 0.1) is 24.6 Å². The maximum Gasteiger partial charge on any atom is 0.269 e. The summed E-state index contributed by atoms with van der Waals surface area (Å²) < 4.78 is 20.5. The van der Waals surface area contributed by atoms with Gasteiger partial charge in [0.25, 0.3) is 5.56 Å². The molecule has 1 fully saturated rings. The second-order valence-electron chi connectivity index (χ2n) is 7.52. The van der Waals surface area contributed by atoms with Gasteiger partial charge in [-0.2, -0.15) is 5.26 Å². The molecular weight excluding hydrogens is 395 g/mol. The fourth-order valence-corrected chi connectivity index (χ4v) is 3.85. The first-order valence-corrected chi connectivity index (χ1v) is 10.2. The largest absolute Gasteiger partial charge is 0.379 e. The lowest BCUT2D eigenvalue weighted by Gasteiger charge is -2.27. The Morgan fingerprint density at radius 1 is 1.16 bits per heavy atom. The average molecular weight is 418 g/mol. The van der Waals surface area contributed by atoms with E-state index in [4.69, 9.17) is 4.74 Å². The number of hydrogen-bond acceptors (Lipinski definition) is 5. The number of aryl methyl sites for hydroxylation is 1. The van der Waals surface area contributed by atoms with Gasteiger partial charge in [0.1, 0.15) is 17.4 Å². The highest BCUT2D eigenvalue weighted by Crippen LogP contribution is 2.28. The van der Waals surface area contributed by atoms with Crippen molar-refractivity contribution in [3.63, 3.8) is 0 Å². The molecule has 0 bridgehead atoms. The van der Waals surface area contributed by atoms with Crippen LogP contribution in [-0.4, -0.2) is 47.3 Å². The van der Waals surface area contributed by atoms with Crippen molar-refractivity contribution in [2.45, 2.75) is 13.5 Å². The lowest BCUT2D eigenvalue weighted by Crippen LogP contribution is -2.39. The summed E-state index contributed by atoms with van der Waals surface area (Å²) in [4.78, 5) is 20.2. The number of pyridine rings is 2. The lowest BCUT2D eigenvalue weighted by atomic mass is 9.99. The summed E-state index contributed by atoms with van der Waals surface area (Å²) in [7, 11) is 0. The van der Waals surface area contributed by atoms with Gasteiger partial charge in [-0.1, -0.05) is 18.2 Å². The van der Waals surface area contributed by atoms with E-state index in [9.17, 15) is 14.4 Å². The molecule has 0 N–H and O–H groups in total. The van der Waals surface area contributed by atoms with Crippen LogP contribution in [0.3, 0.4) is 0 Å². The second-order valence-corrected chi connectivity index (χ2v) is 7.52. The summed E-state index contributed by atoms with van der Waals surface area (Å²) in [5, 5.41) is 9.79. The van der Waals surface area contributed by atoms with E-state index in [-0.39, 0.29) is 16.9 Å². The molecule has 1 saturated heterocycles. The Morgan fingerprint density at radius 3 is 2.58 bits per heavy atom. The van der Waals surface area contributed by atoms with E-state index in [0.29, 0.717) is 48.8 Å². The van der Waals surface area contributed by atoms with Gasteiger partial charge in [-0.05, 0) is 42.3 Å². The fraction of sp³-hybridized carbons (Fsp3) is 0.292. The molecule has 7 heteroatoms. The van der Waals surface area contributed by atoms with Crippen LogP contribution in [0, 0.1) is 24.1 Å². The minimum Gasteiger partial charge on any atom is -0.379 e. The Balaban J connectivity index is 1.86. The summed E-state index contributed by atoms with van der Waals surface area (Å²) in [5.41, 5.74) is 3.05. The zero-order chi connectivity index (χ0) is 21.8. The van der Waals surface area contributed by atoms with Crippen molar-refractivity contribution < 1.29 is 9.13 Å². The molecular formula is C24H23FN4O2. The third-order valence-electron chi connectivity index (χ3n) is 5.56. The van der Waals surface area contributed by atoms with Gasteiger partial charge in [-0.15, -0.1) is 0 Å². The molecule has 0 unspecified atom stereocenters. The topological polar surface area (TPSA) is 71.2 Å². The maximum absolute atomic E-state index is 13.4. The number of benzene rings is 1. The quantitative estimate of drug-likeness (QED) is 0.636. The first-order chi connectivity index (χ1) is 15.1. The van der Waals surface area contributed by atoms with E-state index < -0.39 is 0 Å². The van der Waals surface area contributed by atoms with E-state index in [2.05, 4.69) is 16.0 Å². The molecule has 4 rings (SSSR count). The Hall–Kier alpha value is -3.34. The van der Waals surface area contributed by atoms with E-state index in [1.807, 2.05) is 25.1 Å². The number of halogens is 1. The molecule has 2 aromatic heterocycles. The molecule has 6 nitrogen and oxygen atoms in total. The molecule has 0 spiro atoms. The summed E-state index contributed by atoms with van der Waals surface area (Å²) in [6.45, 7) is 6.01. The van der Waals surface area contributed by atoms with E-state index >= 15 is 0 Å². The van der Waals surface area contributed by atoms with Crippen molar-refractivity contribution in [2.75, 3.05) is 32.8 Å². The van der Waals surface area contributed by atoms with Crippen LogP contribution in [0.25, 0.3) is 22.5 Å². The summed E-state index contributed by atoms with van der Waals surface area (Å²) in [6, 6.07) is 13.5. The zero-order valence-corrected chi connectivity index (χ0v) is 17.3. The molecule has 1 aliphatic rings. The normalized spacial score (nSPS) is 14.4. The van der Waals surface area contributed by atoms with Crippen molar-refractivity contribution in [1.29, 1.82) is 5.26 Å². The lowest BCUT2D eigenvalue weighted by molar-refractivity contribution is 0.0363. The fourth-order valence-electron chi connectivity index (χ4n) is 3.85. The van der Waals surface area contributed by atoms with Gasteiger partial charge in [0, 0.05) is 37.9 Å². The number of aromatic nitrogens is 2. The van der Waals surface area contributed by atoms with Gasteiger partial charge in [-0.25, -0.2) is 4.39 Å². The minimum absolute atomic E-state index is 0.0471. The highest BCUT2D eigenvalue weighted by Gasteiger charge is 2.20. The number of nitrogens with zero attached hydrogens (tertiary/aromatic N) is 4. The third kappa shape index (κ3) is 4.41. The molecule has 0 radical (unpaired) electrons. The van der Waals surface area contributed by atoms with Crippen LogP contribution in [0.5, 0.6) is 0 Å². The molecule has 1 aromatic carbocycles. The smallest absolute Gasteiger partial charge is 0.269 e. The first-order valence-electron chi connectivity index (χ1n) is 10.2. The number of nitriles is 1. The Bertz CT molecular complexity index is 1180. The van der Waals surface area contributed by atoms with Crippen LogP contribution in [0.15, 0.2) is 53.5 Å². The minimum atomic E-state index is -0.373. The Kier molecular flexibility index (Phi) is 6.21. The first kappa shape index (κ1) is 20.9. The van der Waals surface area contributed by atoms with Crippen LogP contribution in [0.1, 0.15) is 11.1 Å². The molecule has 31 heavy (non-hydrogen) atoms. The standard InChI is InChI=1S/C24H23FN4O2/c1-17-3-2-8-27-23(17)22-15-20(18-4-6-19(25)7-5-18)21(16-26)24(30)29(22)10-9-28-11-13-31-14-12-28/h2-8,15H,9-14H2,1H3. The highest BCUT2D eigenvalue weighted by atomic mass is 19.1. The van der Waals surface area contributed by atoms with Gasteiger partial charge in [0.2, 0.25) is 0 Å². The molecule has 0 amide bonds. The Labute approximate surface area is 180 Å². The molecule has 158 valence electrons. The highest BCUT2D eigenvalue weighted by molar-refractivity contribution is 5.75. The molecule has 3 aromatic rings. The van der Waals surface area contributed by atoms with Crippen LogP contribution in [0.4, 0.5) is 4.39 Å². The molecule has 0 aliphatic carbocycles. The third-order valence-corrected chi connectivity index (χ3v) is 5.56. The van der Waals surface area contributed by atoms with E-state index in [1.165, 1.54) is 12.1 Å². The SMILES string of the molecule is Cc1cccnc1-c1cc(-c2ccc(F)cc2)c(C#N)c(=O)n1CCN1CCOCC1. The van der Waals surface area contributed by atoms with Crippen LogP contribution in [0.2, 0.25) is 0 Å². The van der Waals surface area contributed by atoms with Crippen molar-refractivity contribution >= 4 is 0 Å². The zero-order valence-electron chi connectivity index (χ0n) is 17.3. The van der Waals surface area contributed by atoms with Crippen LogP contribution in [-0.2, 0) is 11.3 Å². The second kappa shape index (κ2) is 9.21. The predicted molar refractivity (Wildman–Crippen MR) is 116 cm³/mol. The molecule has 0 saturated carbocycles. The van der Waals surface area contributed by atoms with Gasteiger partial charge >= 0.3 is 0 Å². The Morgan fingerprint density at radius 2 is 1.90 bits per heavy atom. The van der Waals surface area contributed by atoms with E-state index in [1.54, 1.807) is 22.9 Å². The number of hydrogen-bond donors (Lipinski definition) is 0. The van der Waals surface area contributed by atoms with Crippen molar-refractivity contribution in [3.05, 3.63) is 76.0 Å². The van der Waals surface area contributed by atoms with Crippen molar-refractivity contribution in [1.82, 2.24) is 14.5 Å². The van der Waals surface area contributed by atoms with Crippen LogP contribution < -0.4 is 5.56 Å². The van der Waals surface area contributed by atoms with Crippen LogP contribution >= 0.6 is 0 Å². The van der Waals surface area contributed by atoms with E-state index in [0.717, 1.165) is 18.7 Å². The summed E-state index contributed by atoms with van der Waals surface area (Å²) >= 11 is 0. The van der Waals surface area contributed by atoms with Crippen molar-refractivity contribution in [3.8, 4) is 28.6 Å². The van der Waals surface area contributed by atoms with Gasteiger partial charge in [0.15, 0.2) is 0 Å². The summed E-state index contributed by atoms with van der Waals surface area (Å²) in [5.74, 6) is -0.373. The maximum atomic E-state index is 13.4. The van der Waals surface area contributed by atoms with Gasteiger partial charge in [-0.3, -0.25) is 14.7 Å². The number of rotatable bonds is 5. The number of morpholine rings is 1. The molecule has 0 atom stereocenters. The average Bonchev–Trinajstić information content (AvgIpc) is 2.79. The monoisotopic (exact) mass is 418 g/mol. The predicted octanol–water partition coefficient (Wildman–Crippen LogP) is 3.23. The van der Waals surface area contributed by atoms with Crippen molar-refractivity contribution in [2.24, 2.45) is 0 Å². The molecule has 1 aliphatic heterocycles. The summed E-state index contributed by atoms with van der Waals surface area (Å²) in [6.07, 6.45) is 1.69. The molecule has 3 heterocycles. The van der Waals surface area contributed by atoms with Gasteiger partial charge < -0.3 is 9.30 Å².